The van der Waals surface area contributed by atoms with Gasteiger partial charge in [-0.15, -0.1) is 0 Å². The number of rotatable bonds is 9. The minimum absolute atomic E-state index is 0.0473. The van der Waals surface area contributed by atoms with Crippen molar-refractivity contribution in [3.8, 4) is 5.75 Å². The number of carbonyl (C=O) groups is 4. The molecular weight excluding hydrogens is 493 g/mol. The molecule has 1 N–H and O–H groups in total. The van der Waals surface area contributed by atoms with E-state index in [-0.39, 0.29) is 25.3 Å². The van der Waals surface area contributed by atoms with E-state index in [0.29, 0.717) is 22.6 Å². The number of anilines is 2. The van der Waals surface area contributed by atoms with Crippen LogP contribution in [0.4, 0.5) is 20.6 Å². The zero-order valence-corrected chi connectivity index (χ0v) is 20.8. The van der Waals surface area contributed by atoms with Crippen molar-refractivity contribution in [3.63, 3.8) is 0 Å². The van der Waals surface area contributed by atoms with Crippen LogP contribution in [-0.4, -0.2) is 48.5 Å². The number of urea groups is 1. The first kappa shape index (κ1) is 26.3. The van der Waals surface area contributed by atoms with Crippen LogP contribution in [-0.2, 0) is 20.9 Å². The zero-order valence-electron chi connectivity index (χ0n) is 20.8. The lowest BCUT2D eigenvalue weighted by molar-refractivity contribution is -0.124. The molecule has 9 nitrogen and oxygen atoms in total. The van der Waals surface area contributed by atoms with Crippen LogP contribution < -0.4 is 15.0 Å². The number of carbonyl (C=O) groups excluding carboxylic acids is 4. The number of imide groups is 1. The third-order valence-electron chi connectivity index (χ3n) is 5.95. The van der Waals surface area contributed by atoms with Gasteiger partial charge in [-0.05, 0) is 73.2 Å². The van der Waals surface area contributed by atoms with Gasteiger partial charge < -0.3 is 19.7 Å². The standard InChI is InChI=1S/C28H26FN3O6/c1-3-38-27(35)19-7-11-21(12-8-19)30-25(33)16-24-26(34)32(22-13-9-20(29)10-14-22)28(36)31(24)17-18-5-4-6-23(15-18)37-2/h4-15,24H,3,16-17H2,1-2H3,(H,30,33)/t24-/m0/s1. The summed E-state index contributed by atoms with van der Waals surface area (Å²) in [5.41, 5.74) is 1.65. The van der Waals surface area contributed by atoms with Gasteiger partial charge in [0, 0.05) is 12.2 Å². The summed E-state index contributed by atoms with van der Waals surface area (Å²) in [6.07, 6.45) is -0.314. The first-order chi connectivity index (χ1) is 18.3. The number of benzene rings is 3. The fourth-order valence-electron chi connectivity index (χ4n) is 4.10. The molecule has 0 aromatic heterocycles. The highest BCUT2D eigenvalue weighted by Gasteiger charge is 2.46. The van der Waals surface area contributed by atoms with Crippen molar-refractivity contribution < 1.29 is 33.0 Å². The highest BCUT2D eigenvalue weighted by atomic mass is 19.1. The molecule has 1 aliphatic rings. The van der Waals surface area contributed by atoms with E-state index in [0.717, 1.165) is 17.0 Å². The lowest BCUT2D eigenvalue weighted by atomic mass is 10.1. The Morgan fingerprint density at radius 1 is 1.00 bits per heavy atom. The van der Waals surface area contributed by atoms with Gasteiger partial charge in [0.1, 0.15) is 17.6 Å². The van der Waals surface area contributed by atoms with Gasteiger partial charge in [-0.3, -0.25) is 9.59 Å². The summed E-state index contributed by atoms with van der Waals surface area (Å²) in [7, 11) is 1.52. The van der Waals surface area contributed by atoms with Crippen LogP contribution in [0.5, 0.6) is 5.75 Å². The fourth-order valence-corrected chi connectivity index (χ4v) is 4.10. The molecule has 1 aliphatic heterocycles. The Hall–Kier alpha value is -4.73. The van der Waals surface area contributed by atoms with E-state index in [1.807, 2.05) is 0 Å². The number of ether oxygens (including phenoxy) is 2. The Labute approximate surface area is 218 Å². The largest absolute Gasteiger partial charge is 0.497 e. The summed E-state index contributed by atoms with van der Waals surface area (Å²) in [5, 5.41) is 2.70. The summed E-state index contributed by atoms with van der Waals surface area (Å²) in [4.78, 5) is 53.9. The topological polar surface area (TPSA) is 105 Å². The molecule has 0 bridgehead atoms. The Bertz CT molecular complexity index is 1340. The Balaban J connectivity index is 1.55. The van der Waals surface area contributed by atoms with E-state index in [1.54, 1.807) is 43.3 Å². The second kappa shape index (κ2) is 11.5. The minimum Gasteiger partial charge on any atom is -0.497 e. The normalized spacial score (nSPS) is 15.0. The second-order valence-corrected chi connectivity index (χ2v) is 8.48. The number of nitrogens with zero attached hydrogens (tertiary/aromatic N) is 2. The van der Waals surface area contributed by atoms with Gasteiger partial charge in [0.15, 0.2) is 0 Å². The molecule has 3 aromatic rings. The quantitative estimate of drug-likeness (QED) is 0.332. The number of methoxy groups -OCH3 is 1. The van der Waals surface area contributed by atoms with E-state index in [1.165, 1.54) is 36.3 Å². The SMILES string of the molecule is CCOC(=O)c1ccc(NC(=O)C[C@H]2C(=O)N(c3ccc(F)cc3)C(=O)N2Cc2cccc(OC)c2)cc1. The van der Waals surface area contributed by atoms with Gasteiger partial charge in [0.05, 0.1) is 31.4 Å². The zero-order chi connectivity index (χ0) is 27.2. The van der Waals surface area contributed by atoms with E-state index in [4.69, 9.17) is 9.47 Å². The summed E-state index contributed by atoms with van der Waals surface area (Å²) in [5.74, 6) is -1.51. The van der Waals surface area contributed by atoms with Crippen LogP contribution in [0.15, 0.2) is 72.8 Å². The molecule has 4 rings (SSSR count). The third-order valence-corrected chi connectivity index (χ3v) is 5.95. The summed E-state index contributed by atoms with van der Waals surface area (Å²) in [6, 6.07) is 16.4. The van der Waals surface area contributed by atoms with Gasteiger partial charge >= 0.3 is 12.0 Å². The first-order valence-corrected chi connectivity index (χ1v) is 11.9. The maximum absolute atomic E-state index is 13.5. The maximum Gasteiger partial charge on any atom is 0.338 e. The summed E-state index contributed by atoms with van der Waals surface area (Å²) < 4.78 is 23.7. The Kier molecular flexibility index (Phi) is 8.00. The summed E-state index contributed by atoms with van der Waals surface area (Å²) in [6.45, 7) is 1.99. The molecule has 38 heavy (non-hydrogen) atoms. The van der Waals surface area contributed by atoms with E-state index in [2.05, 4.69) is 5.32 Å². The molecule has 0 spiro atoms. The predicted octanol–water partition coefficient (Wildman–Crippen LogP) is 4.38. The number of hydrogen-bond donors (Lipinski definition) is 1. The molecule has 196 valence electrons. The molecule has 1 atom stereocenters. The molecule has 10 heteroatoms. The Morgan fingerprint density at radius 3 is 2.37 bits per heavy atom. The summed E-state index contributed by atoms with van der Waals surface area (Å²) >= 11 is 0. The van der Waals surface area contributed by atoms with Crippen LogP contribution >= 0.6 is 0 Å². The lowest BCUT2D eigenvalue weighted by Gasteiger charge is -2.22. The van der Waals surface area contributed by atoms with Crippen molar-refractivity contribution in [1.82, 2.24) is 4.90 Å². The van der Waals surface area contributed by atoms with Gasteiger partial charge in [-0.1, -0.05) is 12.1 Å². The van der Waals surface area contributed by atoms with Crippen molar-refractivity contribution in [2.75, 3.05) is 23.9 Å². The van der Waals surface area contributed by atoms with E-state index >= 15 is 0 Å². The van der Waals surface area contributed by atoms with Gasteiger partial charge in [0.25, 0.3) is 5.91 Å². The number of halogens is 1. The smallest absolute Gasteiger partial charge is 0.338 e. The molecule has 0 saturated carbocycles. The molecule has 1 fully saturated rings. The number of esters is 1. The number of hydrogen-bond acceptors (Lipinski definition) is 6. The van der Waals surface area contributed by atoms with Gasteiger partial charge in [-0.2, -0.15) is 0 Å². The molecule has 4 amide bonds. The van der Waals surface area contributed by atoms with Crippen LogP contribution in [0.2, 0.25) is 0 Å². The van der Waals surface area contributed by atoms with Crippen LogP contribution in [0, 0.1) is 5.82 Å². The van der Waals surface area contributed by atoms with Crippen molar-refractivity contribution >= 4 is 35.2 Å². The molecule has 0 unspecified atom stereocenters. The minimum atomic E-state index is -1.10. The van der Waals surface area contributed by atoms with E-state index < -0.39 is 35.7 Å². The van der Waals surface area contributed by atoms with Crippen molar-refractivity contribution in [2.24, 2.45) is 0 Å². The van der Waals surface area contributed by atoms with Crippen LogP contribution in [0.1, 0.15) is 29.3 Å². The van der Waals surface area contributed by atoms with Crippen molar-refractivity contribution in [2.45, 2.75) is 25.9 Å². The van der Waals surface area contributed by atoms with Gasteiger partial charge in [0.2, 0.25) is 5.91 Å². The highest BCUT2D eigenvalue weighted by molar-refractivity contribution is 6.22. The monoisotopic (exact) mass is 519 g/mol. The van der Waals surface area contributed by atoms with Crippen LogP contribution in [0.25, 0.3) is 0 Å². The molecule has 1 saturated heterocycles. The van der Waals surface area contributed by atoms with E-state index in [9.17, 15) is 23.6 Å². The van der Waals surface area contributed by atoms with Gasteiger partial charge in [-0.25, -0.2) is 18.9 Å². The maximum atomic E-state index is 13.5. The third kappa shape index (κ3) is 5.80. The van der Waals surface area contributed by atoms with Crippen molar-refractivity contribution in [3.05, 3.63) is 89.7 Å². The average Bonchev–Trinajstić information content (AvgIpc) is 3.13. The fraction of sp³-hybridized carbons (Fsp3) is 0.214. The number of nitrogens with one attached hydrogen (secondary N) is 1. The lowest BCUT2D eigenvalue weighted by Crippen LogP contribution is -2.37. The molecular formula is C28H26FN3O6. The van der Waals surface area contributed by atoms with Crippen molar-refractivity contribution in [1.29, 1.82) is 0 Å². The predicted molar refractivity (Wildman–Crippen MR) is 137 cm³/mol. The highest BCUT2D eigenvalue weighted by Crippen LogP contribution is 2.29. The molecule has 0 radical (unpaired) electrons. The number of amides is 4. The second-order valence-electron chi connectivity index (χ2n) is 8.48. The Morgan fingerprint density at radius 2 is 1.71 bits per heavy atom. The molecule has 0 aliphatic carbocycles. The molecule has 1 heterocycles. The first-order valence-electron chi connectivity index (χ1n) is 11.9. The van der Waals surface area contributed by atoms with Crippen LogP contribution in [0.3, 0.4) is 0 Å². The molecule has 3 aromatic carbocycles. The average molecular weight is 520 g/mol.